The van der Waals surface area contributed by atoms with E-state index in [-0.39, 0.29) is 24.7 Å². The van der Waals surface area contributed by atoms with E-state index in [1.165, 1.54) is 6.33 Å². The summed E-state index contributed by atoms with van der Waals surface area (Å²) in [7, 11) is 0. The largest absolute Gasteiger partial charge is 0.466 e. The molecule has 162 valence electrons. The Bertz CT molecular complexity index is 1050. The number of carbonyl (C=O) groups is 2. The molecule has 0 bridgehead atoms. The average Bonchev–Trinajstić information content (AvgIpc) is 3.21. The highest BCUT2D eigenvalue weighted by Gasteiger charge is 2.25. The number of fused-ring (bicyclic) bond motifs is 1. The van der Waals surface area contributed by atoms with Gasteiger partial charge >= 0.3 is 5.97 Å². The van der Waals surface area contributed by atoms with Gasteiger partial charge in [-0.05, 0) is 12.5 Å². The SMILES string of the molecule is CCOC(=O)CCC(=O)N1CCN(c2ncnc3c2nnn3Cc2ccccc2)CC1. The minimum Gasteiger partial charge on any atom is -0.466 e. The van der Waals surface area contributed by atoms with Gasteiger partial charge in [0.1, 0.15) is 6.33 Å². The van der Waals surface area contributed by atoms with Crippen molar-refractivity contribution in [1.82, 2.24) is 29.9 Å². The molecular formula is C21H25N7O3. The molecule has 0 unspecified atom stereocenters. The third-order valence-corrected chi connectivity index (χ3v) is 5.24. The molecule has 1 aliphatic rings. The van der Waals surface area contributed by atoms with Gasteiger partial charge in [-0.25, -0.2) is 14.6 Å². The van der Waals surface area contributed by atoms with Crippen LogP contribution in [-0.4, -0.2) is 74.5 Å². The van der Waals surface area contributed by atoms with Crippen molar-refractivity contribution in [2.45, 2.75) is 26.3 Å². The van der Waals surface area contributed by atoms with Gasteiger partial charge in [-0.3, -0.25) is 9.59 Å². The molecule has 1 fully saturated rings. The number of aromatic nitrogens is 5. The van der Waals surface area contributed by atoms with Gasteiger partial charge in [0.15, 0.2) is 17.0 Å². The maximum absolute atomic E-state index is 12.4. The molecule has 1 saturated heterocycles. The zero-order chi connectivity index (χ0) is 21.6. The fraction of sp³-hybridized carbons (Fsp3) is 0.429. The Hall–Kier alpha value is -3.56. The number of anilines is 1. The number of benzene rings is 1. The number of esters is 1. The lowest BCUT2D eigenvalue weighted by Gasteiger charge is -2.35. The summed E-state index contributed by atoms with van der Waals surface area (Å²) in [4.78, 5) is 36.6. The van der Waals surface area contributed by atoms with Crippen molar-refractivity contribution in [3.63, 3.8) is 0 Å². The van der Waals surface area contributed by atoms with E-state index in [9.17, 15) is 9.59 Å². The number of carbonyl (C=O) groups excluding carboxylic acids is 2. The monoisotopic (exact) mass is 423 g/mol. The van der Waals surface area contributed by atoms with Crippen LogP contribution in [0.5, 0.6) is 0 Å². The molecule has 2 aromatic heterocycles. The highest BCUT2D eigenvalue weighted by atomic mass is 16.5. The molecule has 3 heterocycles. The van der Waals surface area contributed by atoms with Crippen LogP contribution in [-0.2, 0) is 20.9 Å². The number of nitrogens with zero attached hydrogens (tertiary/aromatic N) is 7. The molecule has 0 saturated carbocycles. The lowest BCUT2D eigenvalue weighted by atomic mass is 10.2. The van der Waals surface area contributed by atoms with Crippen LogP contribution in [0.3, 0.4) is 0 Å². The van der Waals surface area contributed by atoms with E-state index in [1.807, 2.05) is 30.3 Å². The summed E-state index contributed by atoms with van der Waals surface area (Å²) >= 11 is 0. The minimum atomic E-state index is -0.337. The summed E-state index contributed by atoms with van der Waals surface area (Å²) in [6.45, 7) is 5.04. The Morgan fingerprint density at radius 3 is 2.55 bits per heavy atom. The maximum Gasteiger partial charge on any atom is 0.306 e. The van der Waals surface area contributed by atoms with Crippen molar-refractivity contribution in [2.75, 3.05) is 37.7 Å². The summed E-state index contributed by atoms with van der Waals surface area (Å²) in [6.07, 6.45) is 1.81. The molecule has 0 aliphatic carbocycles. The van der Waals surface area contributed by atoms with Crippen molar-refractivity contribution in [3.8, 4) is 0 Å². The number of amides is 1. The number of ether oxygens (including phenoxy) is 1. The zero-order valence-corrected chi connectivity index (χ0v) is 17.5. The number of rotatable bonds is 7. The van der Waals surface area contributed by atoms with Crippen LogP contribution in [0, 0.1) is 0 Å². The Morgan fingerprint density at radius 1 is 1.03 bits per heavy atom. The van der Waals surface area contributed by atoms with Gasteiger partial charge in [0.25, 0.3) is 0 Å². The lowest BCUT2D eigenvalue weighted by molar-refractivity contribution is -0.145. The molecule has 10 heteroatoms. The van der Waals surface area contributed by atoms with Crippen LogP contribution < -0.4 is 4.90 Å². The van der Waals surface area contributed by atoms with E-state index < -0.39 is 0 Å². The quantitative estimate of drug-likeness (QED) is 0.523. The summed E-state index contributed by atoms with van der Waals surface area (Å²) < 4.78 is 6.66. The van der Waals surface area contributed by atoms with Crippen LogP contribution in [0.2, 0.25) is 0 Å². The van der Waals surface area contributed by atoms with Gasteiger partial charge in [0.2, 0.25) is 5.91 Å². The summed E-state index contributed by atoms with van der Waals surface area (Å²) in [5.74, 6) is 0.355. The molecule has 10 nitrogen and oxygen atoms in total. The Labute approximate surface area is 179 Å². The molecule has 0 atom stereocenters. The first-order valence-corrected chi connectivity index (χ1v) is 10.4. The van der Waals surface area contributed by atoms with Gasteiger partial charge in [-0.1, -0.05) is 35.5 Å². The smallest absolute Gasteiger partial charge is 0.306 e. The van der Waals surface area contributed by atoms with E-state index in [4.69, 9.17) is 4.74 Å². The minimum absolute atomic E-state index is 0.0330. The van der Waals surface area contributed by atoms with Gasteiger partial charge < -0.3 is 14.5 Å². The zero-order valence-electron chi connectivity index (χ0n) is 17.5. The van der Waals surface area contributed by atoms with Crippen molar-refractivity contribution in [1.29, 1.82) is 0 Å². The van der Waals surface area contributed by atoms with E-state index in [1.54, 1.807) is 16.5 Å². The molecule has 0 spiro atoms. The average molecular weight is 423 g/mol. The first kappa shape index (κ1) is 20.7. The molecule has 3 aromatic rings. The first-order chi connectivity index (χ1) is 15.2. The standard InChI is InChI=1S/C21H25N7O3/c1-2-31-18(30)9-8-17(29)26-10-12-27(13-11-26)20-19-21(23-15-22-20)28(25-24-19)14-16-6-4-3-5-7-16/h3-7,15H,2,8-14H2,1H3. The second-order valence-corrected chi connectivity index (χ2v) is 7.28. The van der Waals surface area contributed by atoms with Crippen molar-refractivity contribution in [3.05, 3.63) is 42.2 Å². The van der Waals surface area contributed by atoms with Gasteiger partial charge in [0.05, 0.1) is 19.6 Å². The van der Waals surface area contributed by atoms with Crippen LogP contribution in [0.15, 0.2) is 36.7 Å². The van der Waals surface area contributed by atoms with Gasteiger partial charge in [-0.15, -0.1) is 5.10 Å². The molecule has 0 radical (unpaired) electrons. The second kappa shape index (κ2) is 9.50. The summed E-state index contributed by atoms with van der Waals surface area (Å²) in [5.41, 5.74) is 2.45. The number of hydrogen-bond donors (Lipinski definition) is 0. The third-order valence-electron chi connectivity index (χ3n) is 5.24. The van der Waals surface area contributed by atoms with E-state index in [2.05, 4.69) is 25.2 Å². The van der Waals surface area contributed by atoms with Crippen molar-refractivity contribution < 1.29 is 14.3 Å². The predicted molar refractivity (Wildman–Crippen MR) is 113 cm³/mol. The lowest BCUT2D eigenvalue weighted by Crippen LogP contribution is -2.49. The molecule has 1 aliphatic heterocycles. The Balaban J connectivity index is 1.40. The van der Waals surface area contributed by atoms with Crippen molar-refractivity contribution in [2.24, 2.45) is 0 Å². The second-order valence-electron chi connectivity index (χ2n) is 7.28. The fourth-order valence-corrected chi connectivity index (χ4v) is 3.64. The van der Waals surface area contributed by atoms with E-state index in [0.717, 1.165) is 11.4 Å². The van der Waals surface area contributed by atoms with Gasteiger partial charge in [0, 0.05) is 32.6 Å². The normalized spacial score (nSPS) is 14.1. The first-order valence-electron chi connectivity index (χ1n) is 10.4. The molecule has 4 rings (SSSR count). The Morgan fingerprint density at radius 2 is 1.81 bits per heavy atom. The molecule has 1 aromatic carbocycles. The summed E-state index contributed by atoms with van der Waals surface area (Å²) in [6, 6.07) is 10.0. The van der Waals surface area contributed by atoms with Crippen LogP contribution in [0.4, 0.5) is 5.82 Å². The maximum atomic E-state index is 12.4. The van der Waals surface area contributed by atoms with Crippen LogP contribution in [0.1, 0.15) is 25.3 Å². The highest BCUT2D eigenvalue weighted by Crippen LogP contribution is 2.22. The van der Waals surface area contributed by atoms with Crippen molar-refractivity contribution >= 4 is 28.9 Å². The molecule has 0 N–H and O–H groups in total. The fourth-order valence-electron chi connectivity index (χ4n) is 3.64. The summed E-state index contributed by atoms with van der Waals surface area (Å²) in [5, 5.41) is 8.60. The van der Waals surface area contributed by atoms with Crippen LogP contribution >= 0.6 is 0 Å². The van der Waals surface area contributed by atoms with E-state index >= 15 is 0 Å². The van der Waals surface area contributed by atoms with Gasteiger partial charge in [-0.2, -0.15) is 0 Å². The molecule has 1 amide bonds. The Kier molecular flexibility index (Phi) is 6.34. The van der Waals surface area contributed by atoms with E-state index in [0.29, 0.717) is 50.5 Å². The predicted octanol–water partition coefficient (Wildman–Crippen LogP) is 1.26. The third kappa shape index (κ3) is 4.79. The molecule has 31 heavy (non-hydrogen) atoms. The number of hydrogen-bond acceptors (Lipinski definition) is 8. The molecular weight excluding hydrogens is 398 g/mol. The van der Waals surface area contributed by atoms with Crippen LogP contribution in [0.25, 0.3) is 11.2 Å². The topological polar surface area (TPSA) is 106 Å². The number of piperazine rings is 1. The highest BCUT2D eigenvalue weighted by molar-refractivity contribution is 5.83.